The third-order valence-corrected chi connectivity index (χ3v) is 4.80. The largest absolute Gasteiger partial charge is 0.324 e. The van der Waals surface area contributed by atoms with Crippen molar-refractivity contribution in [2.24, 2.45) is 0 Å². The molecule has 0 bridgehead atoms. The first-order chi connectivity index (χ1) is 11.6. The van der Waals surface area contributed by atoms with E-state index in [0.29, 0.717) is 16.0 Å². The molecule has 0 aliphatic carbocycles. The molecule has 4 nitrogen and oxygen atoms in total. The summed E-state index contributed by atoms with van der Waals surface area (Å²) in [4.78, 5) is 4.31. The van der Waals surface area contributed by atoms with Crippen LogP contribution in [0.4, 0.5) is 5.95 Å². The third-order valence-electron chi connectivity index (χ3n) is 4.06. The first-order valence-corrected chi connectivity index (χ1v) is 8.28. The zero-order valence-corrected chi connectivity index (χ0v) is 14.4. The number of nitrogens with zero attached hydrogens (tertiary/aromatic N) is 3. The van der Waals surface area contributed by atoms with Crippen molar-refractivity contribution in [3.8, 4) is 0 Å². The van der Waals surface area contributed by atoms with E-state index in [-0.39, 0.29) is 6.04 Å². The van der Waals surface area contributed by atoms with Crippen LogP contribution in [0.5, 0.6) is 0 Å². The number of halogens is 2. The summed E-state index contributed by atoms with van der Waals surface area (Å²) >= 11 is 12.2. The lowest BCUT2D eigenvalue weighted by Crippen LogP contribution is -2.20. The first kappa shape index (κ1) is 15.2. The molecule has 1 N–H and O–H groups in total. The van der Waals surface area contributed by atoms with E-state index in [1.165, 1.54) is 5.56 Å². The lowest BCUT2D eigenvalue weighted by Gasteiger charge is -2.24. The summed E-state index contributed by atoms with van der Waals surface area (Å²) in [7, 11) is 0. The Morgan fingerprint density at radius 1 is 1.04 bits per heavy atom. The van der Waals surface area contributed by atoms with Gasteiger partial charge in [-0.3, -0.25) is 0 Å². The van der Waals surface area contributed by atoms with Gasteiger partial charge in [0, 0.05) is 5.70 Å². The highest BCUT2D eigenvalue weighted by atomic mass is 35.5. The van der Waals surface area contributed by atoms with Crippen LogP contribution in [-0.4, -0.2) is 14.8 Å². The molecular formula is C18H14Cl2N4. The molecule has 3 aromatic rings. The molecule has 1 aromatic heterocycles. The molecule has 1 aliphatic rings. The minimum Gasteiger partial charge on any atom is -0.324 e. The fourth-order valence-corrected chi connectivity index (χ4v) is 3.06. The maximum atomic E-state index is 6.16. The van der Waals surface area contributed by atoms with Gasteiger partial charge >= 0.3 is 0 Å². The first-order valence-electron chi connectivity index (χ1n) is 7.52. The Balaban J connectivity index is 1.81. The van der Waals surface area contributed by atoms with Gasteiger partial charge in [-0.2, -0.15) is 10.1 Å². The fourth-order valence-electron chi connectivity index (χ4n) is 2.77. The summed E-state index contributed by atoms with van der Waals surface area (Å²) in [6.45, 7) is 2.07. The van der Waals surface area contributed by atoms with E-state index in [4.69, 9.17) is 23.2 Å². The molecule has 6 heteroatoms. The van der Waals surface area contributed by atoms with Crippen LogP contribution in [0.3, 0.4) is 0 Å². The lowest BCUT2D eigenvalue weighted by atomic mass is 10.0. The van der Waals surface area contributed by atoms with Gasteiger partial charge in [-0.15, -0.1) is 0 Å². The van der Waals surface area contributed by atoms with Crippen molar-refractivity contribution in [3.63, 3.8) is 0 Å². The van der Waals surface area contributed by atoms with Crippen molar-refractivity contribution in [3.05, 3.63) is 81.6 Å². The van der Waals surface area contributed by atoms with Crippen LogP contribution in [0, 0.1) is 6.92 Å². The van der Waals surface area contributed by atoms with Gasteiger partial charge in [-0.25, -0.2) is 4.68 Å². The summed E-state index contributed by atoms with van der Waals surface area (Å²) in [5.41, 5.74) is 4.25. The highest BCUT2D eigenvalue weighted by Crippen LogP contribution is 2.33. The molecule has 0 unspecified atom stereocenters. The number of allylic oxidation sites excluding steroid dienone is 1. The Morgan fingerprint density at radius 2 is 1.83 bits per heavy atom. The summed E-state index contributed by atoms with van der Waals surface area (Å²) in [6, 6.07) is 14.0. The topological polar surface area (TPSA) is 42.7 Å². The van der Waals surface area contributed by atoms with Crippen molar-refractivity contribution in [2.45, 2.75) is 13.0 Å². The summed E-state index contributed by atoms with van der Waals surface area (Å²) < 4.78 is 1.87. The number of aryl methyl sites for hydroxylation is 1. The van der Waals surface area contributed by atoms with Crippen LogP contribution >= 0.6 is 23.2 Å². The van der Waals surface area contributed by atoms with Crippen molar-refractivity contribution in [1.82, 2.24) is 14.8 Å². The second-order valence-electron chi connectivity index (χ2n) is 5.72. The van der Waals surface area contributed by atoms with Gasteiger partial charge in [0.1, 0.15) is 12.4 Å². The van der Waals surface area contributed by atoms with Crippen LogP contribution in [0.1, 0.15) is 22.7 Å². The van der Waals surface area contributed by atoms with E-state index in [1.807, 2.05) is 16.8 Å². The van der Waals surface area contributed by atoms with Gasteiger partial charge < -0.3 is 5.32 Å². The number of fused-ring (bicyclic) bond motifs is 1. The van der Waals surface area contributed by atoms with Gasteiger partial charge in [-0.1, -0.05) is 59.1 Å². The third kappa shape index (κ3) is 2.68. The van der Waals surface area contributed by atoms with Crippen molar-refractivity contribution >= 4 is 34.8 Å². The lowest BCUT2D eigenvalue weighted by molar-refractivity contribution is 0.612. The number of benzene rings is 2. The molecule has 120 valence electrons. The minimum absolute atomic E-state index is 0.0335. The quantitative estimate of drug-likeness (QED) is 0.706. The average molecular weight is 357 g/mol. The molecule has 1 aliphatic heterocycles. The predicted octanol–water partition coefficient (Wildman–Crippen LogP) is 4.95. The maximum absolute atomic E-state index is 6.16. The van der Waals surface area contributed by atoms with Gasteiger partial charge in [0.15, 0.2) is 0 Å². The molecule has 0 saturated heterocycles. The molecule has 0 fully saturated rings. The van der Waals surface area contributed by atoms with Gasteiger partial charge in [0.2, 0.25) is 5.95 Å². The van der Waals surface area contributed by atoms with E-state index in [0.717, 1.165) is 16.8 Å². The van der Waals surface area contributed by atoms with E-state index in [1.54, 1.807) is 12.4 Å². The zero-order chi connectivity index (χ0) is 16.7. The van der Waals surface area contributed by atoms with Crippen LogP contribution in [0.15, 0.2) is 54.9 Å². The van der Waals surface area contributed by atoms with E-state index < -0.39 is 0 Å². The summed E-state index contributed by atoms with van der Waals surface area (Å²) in [5, 5.41) is 8.71. The van der Waals surface area contributed by atoms with Gasteiger partial charge in [0.25, 0.3) is 0 Å². The minimum atomic E-state index is -0.0335. The number of aromatic nitrogens is 3. The molecule has 0 saturated carbocycles. The Bertz CT molecular complexity index is 928. The molecule has 24 heavy (non-hydrogen) atoms. The molecular weight excluding hydrogens is 343 g/mol. The predicted molar refractivity (Wildman–Crippen MR) is 97.4 cm³/mol. The highest BCUT2D eigenvalue weighted by Gasteiger charge is 2.23. The number of rotatable bonds is 2. The zero-order valence-electron chi connectivity index (χ0n) is 12.9. The summed E-state index contributed by atoms with van der Waals surface area (Å²) in [6.07, 6.45) is 3.67. The average Bonchev–Trinajstić information content (AvgIpc) is 3.06. The fraction of sp³-hybridized carbons (Fsp3) is 0.111. The molecule has 2 aromatic carbocycles. The Morgan fingerprint density at radius 3 is 2.58 bits per heavy atom. The monoisotopic (exact) mass is 356 g/mol. The van der Waals surface area contributed by atoms with E-state index in [2.05, 4.69) is 52.7 Å². The molecule has 0 amide bonds. The van der Waals surface area contributed by atoms with Gasteiger partial charge in [0.05, 0.1) is 10.0 Å². The highest BCUT2D eigenvalue weighted by molar-refractivity contribution is 6.42. The summed E-state index contributed by atoms with van der Waals surface area (Å²) in [5.74, 6) is 0.698. The molecule has 1 atom stereocenters. The van der Waals surface area contributed by atoms with Crippen LogP contribution in [0.25, 0.3) is 5.70 Å². The normalized spacial score (nSPS) is 16.3. The Kier molecular flexibility index (Phi) is 3.79. The van der Waals surface area contributed by atoms with E-state index in [9.17, 15) is 0 Å². The van der Waals surface area contributed by atoms with Crippen molar-refractivity contribution < 1.29 is 0 Å². The molecule has 0 radical (unpaired) electrons. The number of anilines is 1. The Labute approximate surface area is 149 Å². The standard InChI is InChI=1S/C18H14Cl2N4/c1-11-2-4-12(5-3-11)17-9-16(23-18-21-10-22-24(17)18)13-6-7-14(19)15(20)8-13/h2-10,17H,1H3,(H,21,22,23)/t17-/m1/s1. The second-order valence-corrected chi connectivity index (χ2v) is 6.53. The number of nitrogens with one attached hydrogen (secondary N) is 1. The van der Waals surface area contributed by atoms with Crippen LogP contribution in [-0.2, 0) is 0 Å². The van der Waals surface area contributed by atoms with E-state index >= 15 is 0 Å². The molecule has 2 heterocycles. The van der Waals surface area contributed by atoms with Gasteiger partial charge in [-0.05, 0) is 36.3 Å². The molecule has 4 rings (SSSR count). The van der Waals surface area contributed by atoms with Crippen LogP contribution in [0.2, 0.25) is 10.0 Å². The number of hydrogen-bond donors (Lipinski definition) is 1. The second kappa shape index (κ2) is 5.96. The Hall–Kier alpha value is -2.30. The smallest absolute Gasteiger partial charge is 0.226 e. The number of hydrogen-bond acceptors (Lipinski definition) is 3. The van der Waals surface area contributed by atoms with Crippen molar-refractivity contribution in [2.75, 3.05) is 5.32 Å². The molecule has 0 spiro atoms. The van der Waals surface area contributed by atoms with Crippen molar-refractivity contribution in [1.29, 1.82) is 0 Å². The van der Waals surface area contributed by atoms with Crippen LogP contribution < -0.4 is 5.32 Å². The maximum Gasteiger partial charge on any atom is 0.226 e. The SMILES string of the molecule is Cc1ccc([C@H]2C=C(c3ccc(Cl)c(Cl)c3)Nc3ncnn32)cc1.